The fourth-order valence-corrected chi connectivity index (χ4v) is 3.26. The number of nitroso groups, excluding NO2 is 1. The summed E-state index contributed by atoms with van der Waals surface area (Å²) in [5.41, 5.74) is 0.487. The van der Waals surface area contributed by atoms with Crippen molar-refractivity contribution in [3.63, 3.8) is 0 Å². The van der Waals surface area contributed by atoms with Crippen LogP contribution >= 0.6 is 0 Å². The van der Waals surface area contributed by atoms with Gasteiger partial charge >= 0.3 is 0 Å². The quantitative estimate of drug-likeness (QED) is 0.552. The van der Waals surface area contributed by atoms with Crippen LogP contribution in [-0.4, -0.2) is 6.04 Å². The molecule has 68 valence electrons. The van der Waals surface area contributed by atoms with Gasteiger partial charge < -0.3 is 0 Å². The molecule has 0 aromatic heterocycles. The van der Waals surface area contributed by atoms with Crippen LogP contribution in [0.15, 0.2) is 5.18 Å². The zero-order valence-corrected chi connectivity index (χ0v) is 8.08. The molecule has 2 heteroatoms. The van der Waals surface area contributed by atoms with Gasteiger partial charge in [0.05, 0.1) is 6.04 Å². The lowest BCUT2D eigenvalue weighted by molar-refractivity contribution is -0.108. The van der Waals surface area contributed by atoms with Gasteiger partial charge in [-0.1, -0.05) is 25.9 Å². The summed E-state index contributed by atoms with van der Waals surface area (Å²) < 4.78 is 0. The minimum absolute atomic E-state index is 0.113. The Morgan fingerprint density at radius 2 is 2.00 bits per heavy atom. The van der Waals surface area contributed by atoms with Crippen molar-refractivity contribution in [3.05, 3.63) is 4.91 Å². The average Bonchev–Trinajstić information content (AvgIpc) is 2.03. The van der Waals surface area contributed by atoms with E-state index in [9.17, 15) is 4.91 Å². The Labute approximate surface area is 73.7 Å². The Balaban J connectivity index is 2.16. The van der Waals surface area contributed by atoms with Crippen LogP contribution in [-0.2, 0) is 0 Å². The maximum absolute atomic E-state index is 10.5. The molecule has 3 aliphatic rings. The molecule has 3 fully saturated rings. The fraction of sp³-hybridized carbons (Fsp3) is 1.00. The van der Waals surface area contributed by atoms with Crippen LogP contribution in [0.1, 0.15) is 33.6 Å². The Morgan fingerprint density at radius 3 is 2.42 bits per heavy atom. The summed E-state index contributed by atoms with van der Waals surface area (Å²) in [7, 11) is 0. The van der Waals surface area contributed by atoms with E-state index in [1.165, 1.54) is 6.42 Å². The third-order valence-corrected chi connectivity index (χ3v) is 4.45. The molecule has 2 bridgehead atoms. The van der Waals surface area contributed by atoms with Crippen LogP contribution in [0.25, 0.3) is 0 Å². The third kappa shape index (κ3) is 0.810. The van der Waals surface area contributed by atoms with E-state index < -0.39 is 0 Å². The van der Waals surface area contributed by atoms with E-state index in [2.05, 4.69) is 25.9 Å². The number of rotatable bonds is 1. The van der Waals surface area contributed by atoms with Crippen molar-refractivity contribution < 1.29 is 0 Å². The molecule has 0 unspecified atom stereocenters. The molecular weight excluding hydrogens is 150 g/mol. The van der Waals surface area contributed by atoms with E-state index in [0.717, 1.165) is 18.3 Å². The second-order valence-corrected chi connectivity index (χ2v) is 5.13. The molecule has 3 aliphatic carbocycles. The predicted molar refractivity (Wildman–Crippen MR) is 48.7 cm³/mol. The second-order valence-electron chi connectivity index (χ2n) is 5.13. The zero-order chi connectivity index (χ0) is 8.93. The van der Waals surface area contributed by atoms with Gasteiger partial charge in [0.15, 0.2) is 0 Å². The van der Waals surface area contributed by atoms with Crippen molar-refractivity contribution in [1.29, 1.82) is 0 Å². The Hall–Kier alpha value is -0.400. The van der Waals surface area contributed by atoms with E-state index in [4.69, 9.17) is 0 Å². The summed E-state index contributed by atoms with van der Waals surface area (Å²) in [6, 6.07) is 0.113. The van der Waals surface area contributed by atoms with Crippen LogP contribution in [0.5, 0.6) is 0 Å². The monoisotopic (exact) mass is 167 g/mol. The number of fused-ring (bicyclic) bond motifs is 2. The van der Waals surface area contributed by atoms with Crippen LogP contribution in [0, 0.1) is 28.1 Å². The van der Waals surface area contributed by atoms with Gasteiger partial charge in [-0.2, -0.15) is 4.91 Å². The van der Waals surface area contributed by atoms with Gasteiger partial charge in [0.2, 0.25) is 0 Å². The van der Waals surface area contributed by atoms with Gasteiger partial charge in [-0.15, -0.1) is 0 Å². The van der Waals surface area contributed by atoms with Crippen molar-refractivity contribution in [3.8, 4) is 0 Å². The van der Waals surface area contributed by atoms with Crippen molar-refractivity contribution in [2.45, 2.75) is 39.7 Å². The van der Waals surface area contributed by atoms with Crippen molar-refractivity contribution in [1.82, 2.24) is 0 Å². The summed E-state index contributed by atoms with van der Waals surface area (Å²) in [5, 5.41) is 3.22. The summed E-state index contributed by atoms with van der Waals surface area (Å²) in [6.45, 7) is 6.86. The van der Waals surface area contributed by atoms with Crippen LogP contribution in [0.4, 0.5) is 0 Å². The molecule has 2 nitrogen and oxygen atoms in total. The van der Waals surface area contributed by atoms with Crippen LogP contribution < -0.4 is 0 Å². The van der Waals surface area contributed by atoms with Gasteiger partial charge in [0.25, 0.3) is 0 Å². The van der Waals surface area contributed by atoms with Crippen LogP contribution in [0.3, 0.4) is 0 Å². The molecule has 0 N–H and O–H groups in total. The molecule has 0 aliphatic heterocycles. The van der Waals surface area contributed by atoms with Crippen molar-refractivity contribution >= 4 is 0 Å². The maximum Gasteiger partial charge on any atom is 0.0950 e. The van der Waals surface area contributed by atoms with E-state index >= 15 is 0 Å². The highest BCUT2D eigenvalue weighted by atomic mass is 16.3. The Bertz CT molecular complexity index is 212. The first-order chi connectivity index (χ1) is 5.57. The molecule has 3 rings (SSSR count). The highest BCUT2D eigenvalue weighted by Crippen LogP contribution is 2.61. The summed E-state index contributed by atoms with van der Waals surface area (Å²) >= 11 is 0. The molecule has 0 aromatic carbocycles. The molecule has 0 aromatic rings. The molecule has 0 radical (unpaired) electrons. The van der Waals surface area contributed by atoms with Gasteiger partial charge in [0.1, 0.15) is 0 Å². The fourth-order valence-electron chi connectivity index (χ4n) is 3.26. The van der Waals surface area contributed by atoms with E-state index in [1.54, 1.807) is 0 Å². The Morgan fingerprint density at radius 1 is 1.33 bits per heavy atom. The highest BCUT2D eigenvalue weighted by molar-refractivity contribution is 5.06. The minimum atomic E-state index is 0.113. The van der Waals surface area contributed by atoms with Gasteiger partial charge in [-0.25, -0.2) is 0 Å². The van der Waals surface area contributed by atoms with E-state index in [0.29, 0.717) is 11.3 Å². The predicted octanol–water partition coefficient (Wildman–Crippen LogP) is 2.82. The molecule has 0 amide bonds. The first-order valence-electron chi connectivity index (χ1n) is 4.90. The lowest BCUT2D eigenvalue weighted by atomic mass is 9.45. The Kier molecular flexibility index (Phi) is 1.57. The maximum atomic E-state index is 10.5. The topological polar surface area (TPSA) is 29.4 Å². The largest absolute Gasteiger partial charge is 0.151 e. The zero-order valence-electron chi connectivity index (χ0n) is 8.08. The highest BCUT2D eigenvalue weighted by Gasteiger charge is 2.56. The number of nitrogens with zero attached hydrogens (tertiary/aromatic N) is 1. The molecule has 0 saturated heterocycles. The smallest absolute Gasteiger partial charge is 0.0950 e. The van der Waals surface area contributed by atoms with E-state index in [1.807, 2.05) is 0 Å². The van der Waals surface area contributed by atoms with Gasteiger partial charge in [-0.3, -0.25) is 0 Å². The van der Waals surface area contributed by atoms with Crippen molar-refractivity contribution in [2.75, 3.05) is 0 Å². The summed E-state index contributed by atoms with van der Waals surface area (Å²) in [6.07, 6.45) is 2.37. The van der Waals surface area contributed by atoms with E-state index in [-0.39, 0.29) is 6.04 Å². The summed E-state index contributed by atoms with van der Waals surface area (Å²) in [4.78, 5) is 10.5. The summed E-state index contributed by atoms with van der Waals surface area (Å²) in [5.74, 6) is 2.03. The molecular formula is C10H17NO. The molecule has 0 heterocycles. The first kappa shape index (κ1) is 8.21. The SMILES string of the molecule is C[C@@H]1[C@H]2C[C@@H](C[C@H]1N=O)C2(C)C. The van der Waals surface area contributed by atoms with Gasteiger partial charge in [0, 0.05) is 0 Å². The van der Waals surface area contributed by atoms with Gasteiger partial charge in [-0.05, 0) is 36.0 Å². The number of hydrogen-bond donors (Lipinski definition) is 0. The molecule has 3 saturated carbocycles. The third-order valence-electron chi connectivity index (χ3n) is 4.45. The average molecular weight is 167 g/mol. The first-order valence-corrected chi connectivity index (χ1v) is 4.90. The second kappa shape index (κ2) is 2.30. The lowest BCUT2D eigenvalue weighted by Gasteiger charge is -2.60. The normalized spacial score (nSPS) is 49.6. The standard InChI is InChI=1S/C10H17NO/c1-6-8-4-7(10(8,2)3)5-9(6)11-12/h6-9H,4-5H2,1-3H3/t6-,7+,8-,9-/m1/s1. The van der Waals surface area contributed by atoms with Crippen LogP contribution in [0.2, 0.25) is 0 Å². The molecule has 12 heavy (non-hydrogen) atoms. The molecule has 0 spiro atoms. The minimum Gasteiger partial charge on any atom is -0.151 e. The number of hydrogen-bond acceptors (Lipinski definition) is 2. The molecule has 4 atom stereocenters. The lowest BCUT2D eigenvalue weighted by Crippen LogP contribution is -2.56. The van der Waals surface area contributed by atoms with Crippen molar-refractivity contribution in [2.24, 2.45) is 28.3 Å².